The van der Waals surface area contributed by atoms with E-state index in [4.69, 9.17) is 4.74 Å². The van der Waals surface area contributed by atoms with Gasteiger partial charge in [0.2, 0.25) is 0 Å². The lowest BCUT2D eigenvalue weighted by molar-refractivity contribution is -0.236. The number of fused-ring (bicyclic) bond motifs is 2. The highest BCUT2D eigenvalue weighted by Gasteiger charge is 2.56. The van der Waals surface area contributed by atoms with Gasteiger partial charge in [0.25, 0.3) is 0 Å². The van der Waals surface area contributed by atoms with Crippen molar-refractivity contribution in [1.29, 1.82) is 0 Å². The minimum absolute atomic E-state index is 0.202. The molecule has 0 aliphatic carbocycles. The first-order chi connectivity index (χ1) is 6.48. The summed E-state index contributed by atoms with van der Waals surface area (Å²) in [6.45, 7) is 4.64. The zero-order valence-corrected chi connectivity index (χ0v) is 8.64. The minimum Gasteiger partial charge on any atom is -0.362 e. The van der Waals surface area contributed by atoms with Crippen LogP contribution in [0.25, 0.3) is 0 Å². The van der Waals surface area contributed by atoms with Crippen molar-refractivity contribution in [2.75, 3.05) is 13.6 Å². The van der Waals surface area contributed by atoms with Crippen LogP contribution < -0.4 is 0 Å². The van der Waals surface area contributed by atoms with Crippen LogP contribution in [0.4, 0.5) is 13.2 Å². The summed E-state index contributed by atoms with van der Waals surface area (Å²) >= 11 is 0. The molecule has 2 bridgehead atoms. The van der Waals surface area contributed by atoms with E-state index in [2.05, 4.69) is 0 Å². The highest BCUT2D eigenvalue weighted by molar-refractivity contribution is 4.99. The lowest BCUT2D eigenvalue weighted by Gasteiger charge is -2.31. The van der Waals surface area contributed by atoms with Gasteiger partial charge in [0.05, 0.1) is 6.10 Å². The number of likely N-dealkylation sites (N-methyl/N-ethyl adjacent to an activating group) is 1. The van der Waals surface area contributed by atoms with Crippen LogP contribution >= 0.6 is 0 Å². The number of morpholine rings is 1. The molecule has 2 rings (SSSR count). The van der Waals surface area contributed by atoms with Crippen molar-refractivity contribution in [1.82, 2.24) is 4.90 Å². The first-order valence-corrected chi connectivity index (χ1v) is 4.91. The first kappa shape index (κ1) is 11.8. The molecule has 0 spiro atoms. The molecule has 3 unspecified atom stereocenters. The Balaban J connectivity index is 0.000000461. The molecule has 3 atom stereocenters. The van der Waals surface area contributed by atoms with E-state index in [0.29, 0.717) is 13.0 Å². The van der Waals surface area contributed by atoms with Crippen molar-refractivity contribution in [3.05, 3.63) is 0 Å². The van der Waals surface area contributed by atoms with Crippen molar-refractivity contribution in [2.24, 2.45) is 0 Å². The monoisotopic (exact) mass is 211 g/mol. The molecule has 0 aromatic rings. The fourth-order valence-electron chi connectivity index (χ4n) is 2.03. The molecule has 2 aliphatic rings. The van der Waals surface area contributed by atoms with Crippen LogP contribution in [0.15, 0.2) is 0 Å². The number of nitrogens with zero attached hydrogens (tertiary/aromatic N) is 1. The molecule has 14 heavy (non-hydrogen) atoms. The zero-order valence-electron chi connectivity index (χ0n) is 8.64. The van der Waals surface area contributed by atoms with E-state index in [1.54, 1.807) is 11.9 Å². The van der Waals surface area contributed by atoms with Crippen molar-refractivity contribution in [3.8, 4) is 0 Å². The van der Waals surface area contributed by atoms with Gasteiger partial charge >= 0.3 is 6.18 Å². The van der Waals surface area contributed by atoms with Crippen molar-refractivity contribution >= 4 is 0 Å². The summed E-state index contributed by atoms with van der Waals surface area (Å²) < 4.78 is 41.5. The standard InChI is InChI=1S/C7H10F3NO.C2H6/c1-11-3-4-2-5(11)6(12-4)7(8,9)10;1-2/h4-6H,2-3H2,1H3;1-2H3. The van der Waals surface area contributed by atoms with Gasteiger partial charge in [-0.15, -0.1) is 0 Å². The van der Waals surface area contributed by atoms with E-state index in [1.165, 1.54) is 0 Å². The summed E-state index contributed by atoms with van der Waals surface area (Å²) in [4.78, 5) is 1.73. The number of hydrogen-bond acceptors (Lipinski definition) is 2. The Hall–Kier alpha value is -0.290. The molecule has 5 heteroatoms. The second-order valence-electron chi connectivity index (χ2n) is 3.46. The van der Waals surface area contributed by atoms with Crippen LogP contribution in [0.1, 0.15) is 20.3 Å². The smallest absolute Gasteiger partial charge is 0.362 e. The van der Waals surface area contributed by atoms with E-state index < -0.39 is 18.3 Å². The van der Waals surface area contributed by atoms with Crippen LogP contribution in [-0.4, -0.2) is 42.9 Å². The quantitative estimate of drug-likeness (QED) is 0.608. The molecule has 2 aliphatic heterocycles. The average Bonchev–Trinajstić information content (AvgIpc) is 2.64. The van der Waals surface area contributed by atoms with E-state index in [0.717, 1.165) is 0 Å². The number of halogens is 3. The van der Waals surface area contributed by atoms with Gasteiger partial charge in [-0.3, -0.25) is 4.90 Å². The average molecular weight is 211 g/mol. The molecule has 2 saturated heterocycles. The number of hydrogen-bond donors (Lipinski definition) is 0. The lowest BCUT2D eigenvalue weighted by atomic mass is 10.1. The fraction of sp³-hybridized carbons (Fsp3) is 1.00. The maximum absolute atomic E-state index is 12.2. The van der Waals surface area contributed by atoms with Crippen LogP contribution in [0.3, 0.4) is 0 Å². The second kappa shape index (κ2) is 4.06. The van der Waals surface area contributed by atoms with Crippen molar-refractivity contribution < 1.29 is 17.9 Å². The normalized spacial score (nSPS) is 36.9. The van der Waals surface area contributed by atoms with Crippen molar-refractivity contribution in [3.63, 3.8) is 0 Å². The maximum atomic E-state index is 12.2. The van der Waals surface area contributed by atoms with Gasteiger partial charge in [0, 0.05) is 12.6 Å². The predicted molar refractivity (Wildman–Crippen MR) is 47.1 cm³/mol. The Labute approximate surface area is 82.0 Å². The molecular formula is C9H16F3NO. The minimum atomic E-state index is -4.20. The highest BCUT2D eigenvalue weighted by Crippen LogP contribution is 2.39. The van der Waals surface area contributed by atoms with E-state index in [1.807, 2.05) is 13.8 Å². The largest absolute Gasteiger partial charge is 0.416 e. The molecule has 0 N–H and O–H groups in total. The van der Waals surface area contributed by atoms with Gasteiger partial charge < -0.3 is 4.74 Å². The van der Waals surface area contributed by atoms with E-state index in [9.17, 15) is 13.2 Å². The van der Waals surface area contributed by atoms with Gasteiger partial charge in [-0.1, -0.05) is 13.8 Å². The molecule has 0 amide bonds. The van der Waals surface area contributed by atoms with Crippen LogP contribution in [0.5, 0.6) is 0 Å². The Kier molecular flexibility index (Phi) is 3.42. The molecule has 2 heterocycles. The van der Waals surface area contributed by atoms with Crippen molar-refractivity contribution in [2.45, 2.75) is 44.7 Å². The van der Waals surface area contributed by atoms with Gasteiger partial charge in [-0.05, 0) is 13.5 Å². The Morgan fingerprint density at radius 2 is 1.86 bits per heavy atom. The second-order valence-corrected chi connectivity index (χ2v) is 3.46. The number of alkyl halides is 3. The molecular weight excluding hydrogens is 195 g/mol. The first-order valence-electron chi connectivity index (χ1n) is 4.91. The molecule has 0 radical (unpaired) electrons. The molecule has 0 aromatic heterocycles. The van der Waals surface area contributed by atoms with Gasteiger partial charge in [0.1, 0.15) is 0 Å². The summed E-state index contributed by atoms with van der Waals surface area (Å²) in [6, 6.07) is -0.449. The molecule has 2 fully saturated rings. The third-order valence-corrected chi connectivity index (χ3v) is 2.57. The molecule has 2 nitrogen and oxygen atoms in total. The Morgan fingerprint density at radius 1 is 1.29 bits per heavy atom. The third-order valence-electron chi connectivity index (χ3n) is 2.57. The van der Waals surface area contributed by atoms with Gasteiger partial charge in [0.15, 0.2) is 6.10 Å². The fourth-order valence-corrected chi connectivity index (χ4v) is 2.03. The van der Waals surface area contributed by atoms with Crippen LogP contribution in [0.2, 0.25) is 0 Å². The Bertz CT molecular complexity index is 195. The predicted octanol–water partition coefficient (Wildman–Crippen LogP) is 2.05. The maximum Gasteiger partial charge on any atom is 0.416 e. The summed E-state index contributed by atoms with van der Waals surface area (Å²) in [5.74, 6) is 0. The zero-order chi connectivity index (χ0) is 10.9. The van der Waals surface area contributed by atoms with Crippen LogP contribution in [0, 0.1) is 0 Å². The van der Waals surface area contributed by atoms with E-state index in [-0.39, 0.29) is 6.10 Å². The highest BCUT2D eigenvalue weighted by atomic mass is 19.4. The number of likely N-dealkylation sites (tertiary alicyclic amines) is 1. The third kappa shape index (κ3) is 2.03. The van der Waals surface area contributed by atoms with Gasteiger partial charge in [-0.25, -0.2) is 0 Å². The Morgan fingerprint density at radius 3 is 2.14 bits per heavy atom. The SMILES string of the molecule is CC.CN1CC2CC1C(C(F)(F)F)O2. The van der Waals surface area contributed by atoms with E-state index >= 15 is 0 Å². The number of rotatable bonds is 0. The summed E-state index contributed by atoms with van der Waals surface area (Å²) in [5.41, 5.74) is 0. The van der Waals surface area contributed by atoms with Gasteiger partial charge in [-0.2, -0.15) is 13.2 Å². The molecule has 0 aromatic carbocycles. The molecule has 84 valence electrons. The van der Waals surface area contributed by atoms with Crippen LogP contribution in [-0.2, 0) is 4.74 Å². The topological polar surface area (TPSA) is 12.5 Å². The number of ether oxygens (including phenoxy) is 1. The summed E-state index contributed by atoms with van der Waals surface area (Å²) in [5, 5.41) is 0. The molecule has 0 saturated carbocycles. The summed E-state index contributed by atoms with van der Waals surface area (Å²) in [7, 11) is 1.71. The lowest BCUT2D eigenvalue weighted by Crippen LogP contribution is -2.48. The summed E-state index contributed by atoms with van der Waals surface area (Å²) in [6.07, 6.45) is -5.43.